The second kappa shape index (κ2) is 34.7. The Bertz CT molecular complexity index is 927. The van der Waals surface area contributed by atoms with Gasteiger partial charge in [0.2, 0.25) is 11.8 Å². The van der Waals surface area contributed by atoms with Crippen LogP contribution in [0.4, 0.5) is 0 Å². The van der Waals surface area contributed by atoms with Gasteiger partial charge in [-0.3, -0.25) is 9.59 Å². The molecule has 1 rings (SSSR count). The van der Waals surface area contributed by atoms with Crippen molar-refractivity contribution >= 4 is 11.8 Å². The fourth-order valence-corrected chi connectivity index (χ4v) is 7.26. The lowest BCUT2D eigenvalue weighted by molar-refractivity contribution is -0.231. The van der Waals surface area contributed by atoms with Gasteiger partial charge in [0.15, 0.2) is 6.23 Å². The van der Waals surface area contributed by atoms with Gasteiger partial charge in [0.05, 0.1) is 6.61 Å². The number of nitrogens with zero attached hydrogens (tertiary/aromatic N) is 1. The maximum atomic E-state index is 13.5. The third kappa shape index (κ3) is 24.4. The number of nitrogens with one attached hydrogen (secondary N) is 1. The molecule has 0 radical (unpaired) electrons. The molecule has 0 bridgehead atoms. The zero-order chi connectivity index (χ0) is 38.8. The maximum Gasteiger partial charge on any atom is 0.224 e. The van der Waals surface area contributed by atoms with Gasteiger partial charge in [-0.05, 0) is 70.6 Å². The summed E-state index contributed by atoms with van der Waals surface area (Å²) in [6.45, 7) is 6.39. The number of unbranched alkanes of at least 4 members (excludes halogenated alkanes) is 22. The van der Waals surface area contributed by atoms with Gasteiger partial charge in [-0.25, -0.2) is 0 Å². The quantitative estimate of drug-likeness (QED) is 0.0378. The molecule has 53 heavy (non-hydrogen) atoms. The van der Waals surface area contributed by atoms with Crippen molar-refractivity contribution in [2.45, 2.75) is 238 Å². The summed E-state index contributed by atoms with van der Waals surface area (Å²) < 4.78 is 6.05. The van der Waals surface area contributed by atoms with E-state index < -0.39 is 37.2 Å². The predicted octanol–water partition coefficient (Wildman–Crippen LogP) is 10.2. The number of allylic oxidation sites excluding steroid dienone is 4. The second-order valence-corrected chi connectivity index (χ2v) is 15.6. The van der Waals surface area contributed by atoms with Gasteiger partial charge >= 0.3 is 0 Å². The Morgan fingerprint density at radius 3 is 1.42 bits per heavy atom. The lowest BCUT2D eigenvalue weighted by Crippen LogP contribution is -2.68. The van der Waals surface area contributed by atoms with E-state index in [1.165, 1.54) is 96.3 Å². The minimum atomic E-state index is -1.37. The van der Waals surface area contributed by atoms with E-state index in [2.05, 4.69) is 43.5 Å². The Kier molecular flexibility index (Phi) is 32.3. The molecule has 0 aromatic carbocycles. The average molecular weight is 749 g/mol. The molecule has 0 aliphatic carbocycles. The van der Waals surface area contributed by atoms with E-state index in [1.54, 1.807) is 4.90 Å². The van der Waals surface area contributed by atoms with Crippen molar-refractivity contribution in [3.05, 3.63) is 24.3 Å². The first-order chi connectivity index (χ1) is 25.9. The largest absolute Gasteiger partial charge is 0.394 e. The monoisotopic (exact) mass is 749 g/mol. The van der Waals surface area contributed by atoms with E-state index >= 15 is 0 Å². The number of hydrogen-bond acceptors (Lipinski definition) is 6. The van der Waals surface area contributed by atoms with Gasteiger partial charge in [0, 0.05) is 19.4 Å². The molecule has 1 fully saturated rings. The highest BCUT2D eigenvalue weighted by molar-refractivity contribution is 5.78. The predicted molar refractivity (Wildman–Crippen MR) is 221 cm³/mol. The van der Waals surface area contributed by atoms with Crippen molar-refractivity contribution in [1.82, 2.24) is 10.2 Å². The smallest absolute Gasteiger partial charge is 0.224 e. The molecule has 8 heteroatoms. The van der Waals surface area contributed by atoms with E-state index in [1.807, 2.05) is 6.92 Å². The molecule has 310 valence electrons. The van der Waals surface area contributed by atoms with Crippen LogP contribution in [-0.4, -0.2) is 75.8 Å². The van der Waals surface area contributed by atoms with Crippen molar-refractivity contribution in [3.8, 4) is 0 Å². The Hall–Kier alpha value is -1.74. The summed E-state index contributed by atoms with van der Waals surface area (Å²) in [5.74, 6) is -0.317. The number of carbonyl (C=O) groups excluding carboxylic acids is 2. The topological polar surface area (TPSA) is 119 Å². The zero-order valence-electron chi connectivity index (χ0n) is 34.6. The van der Waals surface area contributed by atoms with Crippen LogP contribution in [0.2, 0.25) is 0 Å². The van der Waals surface area contributed by atoms with Crippen LogP contribution in [0.5, 0.6) is 0 Å². The molecule has 4 N–H and O–H groups in total. The van der Waals surface area contributed by atoms with E-state index in [-0.39, 0.29) is 11.8 Å². The molecule has 0 saturated carbocycles. The van der Waals surface area contributed by atoms with Gasteiger partial charge in [0.1, 0.15) is 24.4 Å². The van der Waals surface area contributed by atoms with Crippen LogP contribution in [0.3, 0.4) is 0 Å². The molecule has 1 aliphatic heterocycles. The van der Waals surface area contributed by atoms with E-state index in [0.29, 0.717) is 25.8 Å². The zero-order valence-corrected chi connectivity index (χ0v) is 34.6. The number of ether oxygens (including phenoxy) is 1. The maximum absolute atomic E-state index is 13.5. The number of rotatable bonds is 35. The van der Waals surface area contributed by atoms with Crippen LogP contribution in [-0.2, 0) is 14.3 Å². The molecule has 5 atom stereocenters. The molecule has 1 heterocycles. The lowest BCUT2D eigenvalue weighted by Gasteiger charge is -2.46. The highest BCUT2D eigenvalue weighted by Crippen LogP contribution is 2.26. The summed E-state index contributed by atoms with van der Waals surface area (Å²) in [5, 5.41) is 34.5. The Balaban J connectivity index is 2.42. The minimum absolute atomic E-state index is 0.0914. The molecule has 1 unspecified atom stereocenters. The Labute approximate surface area is 326 Å². The summed E-state index contributed by atoms with van der Waals surface area (Å²) in [6.07, 6.45) is 36.7. The third-order valence-electron chi connectivity index (χ3n) is 10.6. The van der Waals surface area contributed by atoms with Crippen LogP contribution in [0, 0.1) is 0 Å². The Morgan fingerprint density at radius 2 is 0.981 bits per heavy atom. The van der Waals surface area contributed by atoms with Gasteiger partial charge in [-0.2, -0.15) is 0 Å². The van der Waals surface area contributed by atoms with E-state index in [9.17, 15) is 24.9 Å². The number of aliphatic hydroxyl groups excluding tert-OH is 3. The minimum Gasteiger partial charge on any atom is -0.394 e. The van der Waals surface area contributed by atoms with Crippen molar-refractivity contribution in [3.63, 3.8) is 0 Å². The summed E-state index contributed by atoms with van der Waals surface area (Å²) in [6, 6.07) is -0.979. The van der Waals surface area contributed by atoms with E-state index in [4.69, 9.17) is 4.74 Å². The number of amides is 2. The first-order valence-corrected chi connectivity index (χ1v) is 22.4. The number of aliphatic hydroxyl groups is 3. The van der Waals surface area contributed by atoms with Crippen molar-refractivity contribution in [2.75, 3.05) is 13.2 Å². The third-order valence-corrected chi connectivity index (χ3v) is 10.6. The highest BCUT2D eigenvalue weighted by Gasteiger charge is 2.47. The van der Waals surface area contributed by atoms with Crippen LogP contribution in [0.15, 0.2) is 24.3 Å². The standard InChI is InChI=1S/C45H84N2O6/c1-4-7-9-11-13-15-17-19-21-23-25-27-29-31-33-35-40(49)46-42-44(52)43(51)39(38-48)53-45(42)47(37-6-3)41(50)36-34-32-30-28-26-24-22-20-18-16-14-12-10-8-5-2/h19-22,39,42-45,48,51-52H,4-18,23-38H2,1-3H3,(H,46,49)/b21-19-,22-20-/t39-,42-,43-,44-,45?/m1/s1. The van der Waals surface area contributed by atoms with Crippen LogP contribution < -0.4 is 5.32 Å². The molecular weight excluding hydrogens is 665 g/mol. The summed E-state index contributed by atoms with van der Waals surface area (Å²) in [4.78, 5) is 28.2. The normalized spacial score (nSPS) is 20.5. The highest BCUT2D eigenvalue weighted by atomic mass is 16.5. The molecule has 8 nitrogen and oxygen atoms in total. The van der Waals surface area contributed by atoms with Crippen LogP contribution in [0.1, 0.15) is 207 Å². The van der Waals surface area contributed by atoms with Gasteiger partial charge < -0.3 is 30.3 Å². The molecule has 0 spiro atoms. The van der Waals surface area contributed by atoms with Crippen molar-refractivity contribution in [1.29, 1.82) is 0 Å². The molecule has 1 saturated heterocycles. The summed E-state index contributed by atoms with van der Waals surface area (Å²) in [7, 11) is 0. The average Bonchev–Trinajstić information content (AvgIpc) is 3.15. The molecule has 0 aromatic heterocycles. The van der Waals surface area contributed by atoms with Crippen LogP contribution >= 0.6 is 0 Å². The summed E-state index contributed by atoms with van der Waals surface area (Å²) >= 11 is 0. The van der Waals surface area contributed by atoms with Gasteiger partial charge in [-0.1, -0.05) is 148 Å². The molecule has 0 aromatic rings. The van der Waals surface area contributed by atoms with E-state index in [0.717, 1.165) is 70.6 Å². The SMILES string of the molecule is CCCCCCCC/C=C\CCCCCCCC(=O)N[C@H]1C(N(CCC)C(=O)CCCCCCC/C=C\CCCCCCCC)O[C@H](CO)[C@@H](O)[C@@H]1O. The Morgan fingerprint density at radius 1 is 0.566 bits per heavy atom. The van der Waals surface area contributed by atoms with Crippen molar-refractivity contribution in [2.24, 2.45) is 0 Å². The second-order valence-electron chi connectivity index (χ2n) is 15.6. The number of carbonyl (C=O) groups is 2. The van der Waals surface area contributed by atoms with Gasteiger partial charge in [0.25, 0.3) is 0 Å². The summed E-state index contributed by atoms with van der Waals surface area (Å²) in [5.41, 5.74) is 0. The van der Waals surface area contributed by atoms with Crippen molar-refractivity contribution < 1.29 is 29.6 Å². The molecule has 1 aliphatic rings. The fraction of sp³-hybridized carbons (Fsp3) is 0.867. The van der Waals surface area contributed by atoms with Gasteiger partial charge in [-0.15, -0.1) is 0 Å². The molecular formula is C45H84N2O6. The number of hydrogen-bond donors (Lipinski definition) is 4. The van der Waals surface area contributed by atoms with Crippen LogP contribution in [0.25, 0.3) is 0 Å². The first kappa shape index (κ1) is 49.3. The first-order valence-electron chi connectivity index (χ1n) is 22.4. The fourth-order valence-electron chi connectivity index (χ4n) is 7.26. The lowest BCUT2D eigenvalue weighted by atomic mass is 9.94. The molecule has 2 amide bonds.